The summed E-state index contributed by atoms with van der Waals surface area (Å²) in [6.07, 6.45) is 2.30. The second kappa shape index (κ2) is 4.27. The van der Waals surface area contributed by atoms with Crippen molar-refractivity contribution in [1.82, 2.24) is 4.72 Å². The van der Waals surface area contributed by atoms with Gasteiger partial charge in [0.1, 0.15) is 4.21 Å². The highest BCUT2D eigenvalue weighted by Crippen LogP contribution is 2.34. The highest BCUT2D eigenvalue weighted by molar-refractivity contribution is 7.91. The number of hydrogen-bond donors (Lipinski definition) is 2. The molecule has 1 aromatic rings. The number of nitrogens with one attached hydrogen (secondary N) is 1. The summed E-state index contributed by atoms with van der Waals surface area (Å²) < 4.78 is 27.1. The molecule has 1 aliphatic carbocycles. The van der Waals surface area contributed by atoms with Crippen LogP contribution in [0.2, 0.25) is 4.34 Å². The Bertz CT molecular complexity index is 473. The Hall–Kier alpha value is -0.140. The average molecular weight is 282 g/mol. The first-order valence-electron chi connectivity index (χ1n) is 4.88. The van der Waals surface area contributed by atoms with Gasteiger partial charge in [0.15, 0.2) is 0 Å². The van der Waals surface area contributed by atoms with Crippen LogP contribution in [0.3, 0.4) is 0 Å². The molecular weight excluding hydrogens is 270 g/mol. The molecule has 7 heteroatoms. The SMILES string of the molecule is O=S(=O)(NC1(CO)CCC1)c1ccc(Cl)s1. The number of halogens is 1. The minimum absolute atomic E-state index is 0.161. The first-order chi connectivity index (χ1) is 7.47. The zero-order chi connectivity index (χ0) is 11.8. The summed E-state index contributed by atoms with van der Waals surface area (Å²) in [4.78, 5) is 0. The summed E-state index contributed by atoms with van der Waals surface area (Å²) in [7, 11) is -3.55. The lowest BCUT2D eigenvalue weighted by atomic mass is 9.78. The van der Waals surface area contributed by atoms with Crippen LogP contribution in [0.5, 0.6) is 0 Å². The fourth-order valence-corrected chi connectivity index (χ4v) is 4.61. The van der Waals surface area contributed by atoms with E-state index >= 15 is 0 Å². The fourth-order valence-electron chi connectivity index (χ4n) is 1.67. The zero-order valence-corrected chi connectivity index (χ0v) is 10.8. The van der Waals surface area contributed by atoms with E-state index in [0.717, 1.165) is 17.8 Å². The van der Waals surface area contributed by atoms with Crippen LogP contribution < -0.4 is 4.72 Å². The third kappa shape index (κ3) is 2.26. The van der Waals surface area contributed by atoms with Crippen LogP contribution in [0.15, 0.2) is 16.3 Å². The summed E-state index contributed by atoms with van der Waals surface area (Å²) in [5, 5.41) is 9.20. The maximum atomic E-state index is 11.9. The van der Waals surface area contributed by atoms with Crippen molar-refractivity contribution >= 4 is 33.0 Å². The van der Waals surface area contributed by atoms with Crippen molar-refractivity contribution in [2.75, 3.05) is 6.61 Å². The lowest BCUT2D eigenvalue weighted by molar-refractivity contribution is 0.111. The molecule has 2 N–H and O–H groups in total. The highest BCUT2D eigenvalue weighted by Gasteiger charge is 2.40. The smallest absolute Gasteiger partial charge is 0.250 e. The number of rotatable bonds is 4. The van der Waals surface area contributed by atoms with E-state index in [1.165, 1.54) is 6.07 Å². The number of aliphatic hydroxyl groups excluding tert-OH is 1. The van der Waals surface area contributed by atoms with Crippen LogP contribution in [0.4, 0.5) is 0 Å². The summed E-state index contributed by atoms with van der Waals surface area (Å²) in [5.74, 6) is 0. The standard InChI is InChI=1S/C9H12ClNO3S2/c10-7-2-3-8(15-7)16(13,14)11-9(6-12)4-1-5-9/h2-3,11-12H,1,4-6H2. The minimum atomic E-state index is -3.55. The summed E-state index contributed by atoms with van der Waals surface area (Å²) in [6.45, 7) is -0.161. The molecule has 0 spiro atoms. The van der Waals surface area contributed by atoms with E-state index in [9.17, 15) is 13.5 Å². The number of thiophene rings is 1. The van der Waals surface area contributed by atoms with Crippen molar-refractivity contribution in [1.29, 1.82) is 0 Å². The normalized spacial score (nSPS) is 19.4. The van der Waals surface area contributed by atoms with E-state index in [-0.39, 0.29) is 10.8 Å². The maximum Gasteiger partial charge on any atom is 0.250 e. The Morgan fingerprint density at radius 1 is 1.50 bits per heavy atom. The molecule has 0 saturated heterocycles. The number of sulfonamides is 1. The van der Waals surface area contributed by atoms with Crippen molar-refractivity contribution in [3.8, 4) is 0 Å². The lowest BCUT2D eigenvalue weighted by Gasteiger charge is -2.40. The van der Waals surface area contributed by atoms with E-state index in [2.05, 4.69) is 4.72 Å². The van der Waals surface area contributed by atoms with Crippen molar-refractivity contribution in [2.24, 2.45) is 0 Å². The molecule has 0 amide bonds. The van der Waals surface area contributed by atoms with Gasteiger partial charge in [0, 0.05) is 0 Å². The van der Waals surface area contributed by atoms with E-state index in [1.54, 1.807) is 6.07 Å². The van der Waals surface area contributed by atoms with Gasteiger partial charge < -0.3 is 5.11 Å². The second-order valence-corrected chi connectivity index (χ2v) is 7.58. The third-order valence-electron chi connectivity index (χ3n) is 2.78. The third-order valence-corrected chi connectivity index (χ3v) is 6.08. The van der Waals surface area contributed by atoms with E-state index in [4.69, 9.17) is 11.6 Å². The molecule has 0 aliphatic heterocycles. The quantitative estimate of drug-likeness (QED) is 0.881. The van der Waals surface area contributed by atoms with Crippen molar-refractivity contribution < 1.29 is 13.5 Å². The van der Waals surface area contributed by atoms with Gasteiger partial charge in [-0.1, -0.05) is 11.6 Å². The topological polar surface area (TPSA) is 66.4 Å². The van der Waals surface area contributed by atoms with Gasteiger partial charge in [-0.05, 0) is 31.4 Å². The van der Waals surface area contributed by atoms with Gasteiger partial charge >= 0.3 is 0 Å². The molecule has 1 heterocycles. The monoisotopic (exact) mass is 281 g/mol. The first kappa shape index (κ1) is 12.3. The molecule has 90 valence electrons. The van der Waals surface area contributed by atoms with E-state index in [0.29, 0.717) is 17.2 Å². The van der Waals surface area contributed by atoms with Crippen molar-refractivity contribution in [2.45, 2.75) is 29.0 Å². The highest BCUT2D eigenvalue weighted by atomic mass is 35.5. The fraction of sp³-hybridized carbons (Fsp3) is 0.556. The van der Waals surface area contributed by atoms with Crippen LogP contribution in [-0.2, 0) is 10.0 Å². The maximum absolute atomic E-state index is 11.9. The van der Waals surface area contributed by atoms with Gasteiger partial charge in [-0.15, -0.1) is 11.3 Å². The van der Waals surface area contributed by atoms with Crippen LogP contribution in [0, 0.1) is 0 Å². The zero-order valence-electron chi connectivity index (χ0n) is 8.44. The summed E-state index contributed by atoms with van der Waals surface area (Å²) in [6, 6.07) is 3.02. The van der Waals surface area contributed by atoms with E-state index < -0.39 is 15.6 Å². The molecule has 0 bridgehead atoms. The average Bonchev–Trinajstić information content (AvgIpc) is 2.59. The molecule has 1 saturated carbocycles. The predicted octanol–water partition coefficient (Wildman–Crippen LogP) is 1.59. The van der Waals surface area contributed by atoms with Crippen LogP contribution in [0.25, 0.3) is 0 Å². The van der Waals surface area contributed by atoms with E-state index in [1.807, 2.05) is 0 Å². The summed E-state index contributed by atoms with van der Waals surface area (Å²) >= 11 is 6.71. The Morgan fingerprint density at radius 2 is 2.19 bits per heavy atom. The lowest BCUT2D eigenvalue weighted by Crippen LogP contribution is -2.55. The number of hydrogen-bond acceptors (Lipinski definition) is 4. The molecule has 4 nitrogen and oxygen atoms in total. The van der Waals surface area contributed by atoms with Crippen LogP contribution >= 0.6 is 22.9 Å². The van der Waals surface area contributed by atoms with Gasteiger partial charge in [-0.3, -0.25) is 0 Å². The molecule has 16 heavy (non-hydrogen) atoms. The Balaban J connectivity index is 2.20. The first-order valence-corrected chi connectivity index (χ1v) is 7.55. The molecule has 0 radical (unpaired) electrons. The Kier molecular flexibility index (Phi) is 3.29. The van der Waals surface area contributed by atoms with Gasteiger partial charge in [-0.25, -0.2) is 13.1 Å². The van der Waals surface area contributed by atoms with Crippen LogP contribution in [0.1, 0.15) is 19.3 Å². The minimum Gasteiger partial charge on any atom is -0.394 e. The molecule has 0 unspecified atom stereocenters. The molecule has 0 aromatic carbocycles. The Morgan fingerprint density at radius 3 is 2.56 bits per heavy atom. The van der Waals surface area contributed by atoms with Gasteiger partial charge in [0.05, 0.1) is 16.5 Å². The Labute approximate surface area is 103 Å². The summed E-state index contributed by atoms with van der Waals surface area (Å²) in [5.41, 5.74) is -0.657. The van der Waals surface area contributed by atoms with Crippen molar-refractivity contribution in [3.05, 3.63) is 16.5 Å². The number of aliphatic hydroxyl groups is 1. The molecule has 2 rings (SSSR count). The van der Waals surface area contributed by atoms with Crippen molar-refractivity contribution in [3.63, 3.8) is 0 Å². The molecule has 1 fully saturated rings. The predicted molar refractivity (Wildman–Crippen MR) is 63.3 cm³/mol. The van der Waals surface area contributed by atoms with Gasteiger partial charge in [0.2, 0.25) is 0 Å². The molecule has 1 aliphatic rings. The molecule has 0 atom stereocenters. The van der Waals surface area contributed by atoms with Gasteiger partial charge in [-0.2, -0.15) is 0 Å². The largest absolute Gasteiger partial charge is 0.394 e. The van der Waals surface area contributed by atoms with Crippen LogP contribution in [-0.4, -0.2) is 25.7 Å². The molecular formula is C9H12ClNO3S2. The second-order valence-electron chi connectivity index (χ2n) is 3.96. The molecule has 1 aromatic heterocycles. The van der Waals surface area contributed by atoms with Gasteiger partial charge in [0.25, 0.3) is 10.0 Å².